The first kappa shape index (κ1) is 9.89. The first-order chi connectivity index (χ1) is 6.86. The van der Waals surface area contributed by atoms with Gasteiger partial charge in [0.25, 0.3) is 5.91 Å². The number of carbonyl (C=O) groups is 1. The molecule has 5 nitrogen and oxygen atoms in total. The van der Waals surface area contributed by atoms with Crippen molar-refractivity contribution in [2.24, 2.45) is 0 Å². The fraction of sp³-hybridized carbons (Fsp3) is 0.889. The molecule has 0 aliphatic carbocycles. The number of ether oxygens (including phenoxy) is 2. The van der Waals surface area contributed by atoms with Gasteiger partial charge in [-0.25, -0.2) is 0 Å². The second kappa shape index (κ2) is 4.72. The van der Waals surface area contributed by atoms with Crippen LogP contribution in [0.4, 0.5) is 0 Å². The molecular weight excluding hydrogens is 184 g/mol. The number of carbonyl (C=O) groups excluding carboxylic acids is 1. The minimum atomic E-state index is -0.413. The summed E-state index contributed by atoms with van der Waals surface area (Å²) in [5.74, 6) is -0.0431. The largest absolute Gasteiger partial charge is 0.376 e. The first-order valence-corrected chi connectivity index (χ1v) is 5.07. The molecule has 80 valence electrons. The van der Waals surface area contributed by atoms with Gasteiger partial charge >= 0.3 is 0 Å². The number of hydrogen-bond donors (Lipinski definition) is 2. The maximum atomic E-state index is 11.6. The summed E-state index contributed by atoms with van der Waals surface area (Å²) in [6.07, 6.45) is 0.587. The van der Waals surface area contributed by atoms with E-state index in [1.54, 1.807) is 0 Å². The smallest absolute Gasteiger partial charge is 0.251 e. The van der Waals surface area contributed by atoms with Crippen molar-refractivity contribution in [2.45, 2.75) is 18.6 Å². The van der Waals surface area contributed by atoms with Gasteiger partial charge in [-0.1, -0.05) is 0 Å². The fourth-order valence-electron chi connectivity index (χ4n) is 1.71. The molecule has 0 spiro atoms. The molecule has 0 bridgehead atoms. The third-order valence-corrected chi connectivity index (χ3v) is 2.52. The average molecular weight is 200 g/mol. The Morgan fingerprint density at radius 3 is 3.00 bits per heavy atom. The number of hydrogen-bond acceptors (Lipinski definition) is 4. The zero-order valence-corrected chi connectivity index (χ0v) is 8.12. The third kappa shape index (κ3) is 2.43. The van der Waals surface area contributed by atoms with E-state index in [2.05, 4.69) is 10.6 Å². The van der Waals surface area contributed by atoms with Gasteiger partial charge in [0, 0.05) is 12.6 Å². The van der Waals surface area contributed by atoms with Crippen LogP contribution in [0.2, 0.25) is 0 Å². The molecular formula is C9H16N2O3. The minimum absolute atomic E-state index is 0.0431. The van der Waals surface area contributed by atoms with Gasteiger partial charge in [-0.3, -0.25) is 4.79 Å². The molecule has 14 heavy (non-hydrogen) atoms. The second-order valence-corrected chi connectivity index (χ2v) is 3.63. The number of nitrogens with one attached hydrogen (secondary N) is 2. The third-order valence-electron chi connectivity index (χ3n) is 2.52. The average Bonchev–Trinajstić information content (AvgIpc) is 2.72. The molecule has 2 N–H and O–H groups in total. The Hall–Kier alpha value is -0.650. The zero-order chi connectivity index (χ0) is 9.80. The molecule has 0 aromatic carbocycles. The Kier molecular flexibility index (Phi) is 3.34. The lowest BCUT2D eigenvalue weighted by Crippen LogP contribution is -2.47. The summed E-state index contributed by atoms with van der Waals surface area (Å²) in [5.41, 5.74) is 0. The van der Waals surface area contributed by atoms with Crippen LogP contribution < -0.4 is 10.6 Å². The summed E-state index contributed by atoms with van der Waals surface area (Å²) in [6.45, 7) is 3.33. The van der Waals surface area contributed by atoms with E-state index in [9.17, 15) is 4.79 Å². The van der Waals surface area contributed by atoms with Crippen molar-refractivity contribution in [1.29, 1.82) is 0 Å². The van der Waals surface area contributed by atoms with Crippen LogP contribution in [0.25, 0.3) is 0 Å². The standard InChI is InChI=1S/C9H16N2O3/c12-9(8-6-13-3-4-14-8)11-7-1-2-10-5-7/h7-8,10H,1-6H2,(H,11,12)/t7-,8?/m0/s1. The Balaban J connectivity index is 1.75. The van der Waals surface area contributed by atoms with Gasteiger partial charge in [0.2, 0.25) is 0 Å². The van der Waals surface area contributed by atoms with E-state index in [0.29, 0.717) is 19.8 Å². The zero-order valence-electron chi connectivity index (χ0n) is 8.12. The van der Waals surface area contributed by atoms with E-state index in [1.165, 1.54) is 0 Å². The van der Waals surface area contributed by atoms with E-state index >= 15 is 0 Å². The summed E-state index contributed by atoms with van der Waals surface area (Å²) < 4.78 is 10.5. The highest BCUT2D eigenvalue weighted by Crippen LogP contribution is 2.03. The molecule has 2 fully saturated rings. The van der Waals surface area contributed by atoms with Crippen LogP contribution in [-0.2, 0) is 14.3 Å². The first-order valence-electron chi connectivity index (χ1n) is 5.07. The van der Waals surface area contributed by atoms with Crippen molar-refractivity contribution in [3.05, 3.63) is 0 Å². The van der Waals surface area contributed by atoms with Crippen molar-refractivity contribution < 1.29 is 14.3 Å². The molecule has 2 aliphatic rings. The highest BCUT2D eigenvalue weighted by Gasteiger charge is 2.25. The van der Waals surface area contributed by atoms with E-state index in [4.69, 9.17) is 9.47 Å². The van der Waals surface area contributed by atoms with Crippen molar-refractivity contribution >= 4 is 5.91 Å². The molecule has 2 heterocycles. The van der Waals surface area contributed by atoms with Gasteiger partial charge in [0.15, 0.2) is 6.10 Å². The Bertz CT molecular complexity index is 198. The maximum Gasteiger partial charge on any atom is 0.251 e. The summed E-state index contributed by atoms with van der Waals surface area (Å²) >= 11 is 0. The van der Waals surface area contributed by atoms with Crippen LogP contribution in [0.5, 0.6) is 0 Å². The number of amides is 1. The van der Waals surface area contributed by atoms with Crippen LogP contribution in [-0.4, -0.2) is 51.0 Å². The Morgan fingerprint density at radius 2 is 2.36 bits per heavy atom. The lowest BCUT2D eigenvalue weighted by molar-refractivity contribution is -0.148. The summed E-state index contributed by atoms with van der Waals surface area (Å²) in [7, 11) is 0. The Labute approximate surface area is 83.1 Å². The molecule has 2 saturated heterocycles. The lowest BCUT2D eigenvalue weighted by Gasteiger charge is -2.23. The predicted molar refractivity (Wildman–Crippen MR) is 50.0 cm³/mol. The highest BCUT2D eigenvalue weighted by atomic mass is 16.6. The van der Waals surface area contributed by atoms with Gasteiger partial charge in [-0.2, -0.15) is 0 Å². The molecule has 2 aliphatic heterocycles. The molecule has 2 atom stereocenters. The summed E-state index contributed by atoms with van der Waals surface area (Å²) in [4.78, 5) is 11.6. The van der Waals surface area contributed by atoms with Crippen molar-refractivity contribution in [3.63, 3.8) is 0 Å². The molecule has 1 amide bonds. The maximum absolute atomic E-state index is 11.6. The van der Waals surface area contributed by atoms with Crippen LogP contribution in [0.1, 0.15) is 6.42 Å². The van der Waals surface area contributed by atoms with Gasteiger partial charge in [-0.15, -0.1) is 0 Å². The summed E-state index contributed by atoms with van der Waals surface area (Å²) in [5, 5.41) is 6.14. The van der Waals surface area contributed by atoms with Crippen molar-refractivity contribution in [2.75, 3.05) is 32.9 Å². The van der Waals surface area contributed by atoms with Crippen LogP contribution in [0, 0.1) is 0 Å². The summed E-state index contributed by atoms with van der Waals surface area (Å²) in [6, 6.07) is 0.257. The van der Waals surface area contributed by atoms with Gasteiger partial charge < -0.3 is 20.1 Å². The normalized spacial score (nSPS) is 32.9. The molecule has 5 heteroatoms. The van der Waals surface area contributed by atoms with Crippen LogP contribution in [0.15, 0.2) is 0 Å². The lowest BCUT2D eigenvalue weighted by atomic mass is 10.2. The van der Waals surface area contributed by atoms with Crippen LogP contribution >= 0.6 is 0 Å². The van der Waals surface area contributed by atoms with Gasteiger partial charge in [0.1, 0.15) is 0 Å². The van der Waals surface area contributed by atoms with E-state index < -0.39 is 6.10 Å². The Morgan fingerprint density at radius 1 is 1.43 bits per heavy atom. The molecule has 0 radical (unpaired) electrons. The van der Waals surface area contributed by atoms with Gasteiger partial charge in [0.05, 0.1) is 19.8 Å². The number of rotatable bonds is 2. The highest BCUT2D eigenvalue weighted by molar-refractivity contribution is 5.81. The fourth-order valence-corrected chi connectivity index (χ4v) is 1.71. The molecule has 2 rings (SSSR count). The second-order valence-electron chi connectivity index (χ2n) is 3.63. The molecule has 1 unspecified atom stereocenters. The SMILES string of the molecule is O=C(N[C@H]1CCNC1)C1COCCO1. The molecule has 0 saturated carbocycles. The van der Waals surface area contributed by atoms with E-state index in [1.807, 2.05) is 0 Å². The van der Waals surface area contributed by atoms with Crippen LogP contribution in [0.3, 0.4) is 0 Å². The quantitative estimate of drug-likeness (QED) is 0.593. The van der Waals surface area contributed by atoms with E-state index in [0.717, 1.165) is 19.5 Å². The van der Waals surface area contributed by atoms with Gasteiger partial charge in [-0.05, 0) is 13.0 Å². The molecule has 0 aromatic heterocycles. The minimum Gasteiger partial charge on any atom is -0.376 e. The molecule has 0 aromatic rings. The van der Waals surface area contributed by atoms with E-state index in [-0.39, 0.29) is 11.9 Å². The topological polar surface area (TPSA) is 59.6 Å². The van der Waals surface area contributed by atoms with Crippen molar-refractivity contribution in [3.8, 4) is 0 Å². The monoisotopic (exact) mass is 200 g/mol. The predicted octanol–water partition coefficient (Wildman–Crippen LogP) is -1.12. The van der Waals surface area contributed by atoms with Crippen molar-refractivity contribution in [1.82, 2.24) is 10.6 Å².